The fourth-order valence-corrected chi connectivity index (χ4v) is 3.89. The molecule has 0 aromatic rings. The quantitative estimate of drug-likeness (QED) is 0.846. The highest BCUT2D eigenvalue weighted by atomic mass is 35.5. The minimum Gasteiger partial charge on any atom is -0.345 e. The second-order valence-electron chi connectivity index (χ2n) is 6.87. The molecule has 20 heavy (non-hydrogen) atoms. The first-order valence-electron chi connectivity index (χ1n) is 8.09. The maximum atomic E-state index is 12.4. The fraction of sp³-hybridized carbons (Fsp3) is 0.938. The van der Waals surface area contributed by atoms with Crippen LogP contribution in [0.5, 0.6) is 0 Å². The van der Waals surface area contributed by atoms with Crippen LogP contribution < -0.4 is 5.73 Å². The summed E-state index contributed by atoms with van der Waals surface area (Å²) in [5, 5.41) is 0. The summed E-state index contributed by atoms with van der Waals surface area (Å²) in [6, 6.07) is 0. The molecule has 2 fully saturated rings. The molecule has 0 unspecified atom stereocenters. The van der Waals surface area contributed by atoms with E-state index in [0.29, 0.717) is 18.9 Å². The largest absolute Gasteiger partial charge is 0.345 e. The van der Waals surface area contributed by atoms with Crippen molar-refractivity contribution in [2.24, 2.45) is 17.1 Å². The van der Waals surface area contributed by atoms with Gasteiger partial charge in [-0.25, -0.2) is 0 Å². The fourth-order valence-electron chi connectivity index (χ4n) is 3.89. The lowest BCUT2D eigenvalue weighted by molar-refractivity contribution is -0.133. The maximum absolute atomic E-state index is 12.4. The molecule has 2 aliphatic rings. The molecule has 0 spiro atoms. The molecule has 0 bridgehead atoms. The molecule has 0 atom stereocenters. The molecular formula is C16H31ClN2O. The Labute approximate surface area is 130 Å². The smallest absolute Gasteiger partial charge is 0.222 e. The van der Waals surface area contributed by atoms with Crippen molar-refractivity contribution >= 4 is 18.3 Å². The number of rotatable bonds is 5. The zero-order valence-corrected chi connectivity index (χ0v) is 13.7. The second kappa shape index (κ2) is 8.23. The molecule has 0 heterocycles. The van der Waals surface area contributed by atoms with E-state index in [0.717, 1.165) is 25.3 Å². The second-order valence-corrected chi connectivity index (χ2v) is 6.87. The molecular weight excluding hydrogens is 272 g/mol. The molecule has 2 saturated carbocycles. The molecule has 0 aliphatic heterocycles. The van der Waals surface area contributed by atoms with Crippen molar-refractivity contribution in [2.45, 2.75) is 64.2 Å². The van der Waals surface area contributed by atoms with Crippen molar-refractivity contribution in [3.8, 4) is 0 Å². The van der Waals surface area contributed by atoms with Crippen LogP contribution in [-0.4, -0.2) is 30.9 Å². The molecule has 0 aromatic heterocycles. The van der Waals surface area contributed by atoms with Crippen LogP contribution in [0.15, 0.2) is 0 Å². The lowest BCUT2D eigenvalue weighted by Gasteiger charge is -2.37. The van der Waals surface area contributed by atoms with E-state index >= 15 is 0 Å². The summed E-state index contributed by atoms with van der Waals surface area (Å²) >= 11 is 0. The van der Waals surface area contributed by atoms with Crippen molar-refractivity contribution in [3.05, 3.63) is 0 Å². The van der Waals surface area contributed by atoms with E-state index in [1.165, 1.54) is 44.9 Å². The van der Waals surface area contributed by atoms with Gasteiger partial charge in [0.15, 0.2) is 0 Å². The topological polar surface area (TPSA) is 46.3 Å². The third kappa shape index (κ3) is 4.63. The van der Waals surface area contributed by atoms with Crippen molar-refractivity contribution in [3.63, 3.8) is 0 Å². The van der Waals surface area contributed by atoms with Crippen LogP contribution in [0.25, 0.3) is 0 Å². The minimum atomic E-state index is 0. The molecule has 2 N–H and O–H groups in total. The Bertz CT molecular complexity index is 297. The predicted octanol–water partition coefficient (Wildman–Crippen LogP) is 3.36. The van der Waals surface area contributed by atoms with E-state index in [9.17, 15) is 4.79 Å². The van der Waals surface area contributed by atoms with Crippen molar-refractivity contribution in [2.75, 3.05) is 20.1 Å². The lowest BCUT2D eigenvalue weighted by atomic mass is 9.71. The minimum absolute atomic E-state index is 0. The predicted molar refractivity (Wildman–Crippen MR) is 86.0 cm³/mol. The Morgan fingerprint density at radius 3 is 2.30 bits per heavy atom. The molecule has 118 valence electrons. The summed E-state index contributed by atoms with van der Waals surface area (Å²) in [6.45, 7) is 1.63. The number of hydrogen-bond acceptors (Lipinski definition) is 2. The van der Waals surface area contributed by atoms with Gasteiger partial charge >= 0.3 is 0 Å². The van der Waals surface area contributed by atoms with Gasteiger partial charge in [-0.15, -0.1) is 12.4 Å². The number of amides is 1. The van der Waals surface area contributed by atoms with Crippen LogP contribution >= 0.6 is 12.4 Å². The van der Waals surface area contributed by atoms with Crippen LogP contribution in [0.2, 0.25) is 0 Å². The maximum Gasteiger partial charge on any atom is 0.222 e. The van der Waals surface area contributed by atoms with Crippen LogP contribution in [0.1, 0.15) is 64.2 Å². The molecule has 1 amide bonds. The van der Waals surface area contributed by atoms with Gasteiger partial charge in [0.1, 0.15) is 0 Å². The Kier molecular flexibility index (Phi) is 7.32. The van der Waals surface area contributed by atoms with E-state index in [1.807, 2.05) is 11.9 Å². The summed E-state index contributed by atoms with van der Waals surface area (Å²) in [5.41, 5.74) is 6.09. The van der Waals surface area contributed by atoms with Gasteiger partial charge in [-0.05, 0) is 43.6 Å². The summed E-state index contributed by atoms with van der Waals surface area (Å²) in [6.07, 6.45) is 12.1. The zero-order chi connectivity index (χ0) is 13.7. The summed E-state index contributed by atoms with van der Waals surface area (Å²) in [4.78, 5) is 14.4. The average Bonchev–Trinajstić information content (AvgIpc) is 2.92. The Morgan fingerprint density at radius 1 is 1.15 bits per heavy atom. The van der Waals surface area contributed by atoms with Crippen LogP contribution in [0, 0.1) is 11.3 Å². The van der Waals surface area contributed by atoms with E-state index in [-0.39, 0.29) is 17.8 Å². The Hall–Kier alpha value is -0.280. The monoisotopic (exact) mass is 302 g/mol. The molecule has 0 saturated heterocycles. The number of carbonyl (C=O) groups is 1. The first-order chi connectivity index (χ1) is 9.15. The SMILES string of the molecule is CN(CC1CCCC1)C(=O)CC1(CN)CCCCC1.Cl. The van der Waals surface area contributed by atoms with E-state index in [2.05, 4.69) is 0 Å². The first kappa shape index (κ1) is 17.8. The average molecular weight is 303 g/mol. The van der Waals surface area contributed by atoms with Gasteiger partial charge in [0.25, 0.3) is 0 Å². The van der Waals surface area contributed by atoms with Crippen LogP contribution in [0.4, 0.5) is 0 Å². The molecule has 2 rings (SSSR count). The van der Waals surface area contributed by atoms with E-state index in [4.69, 9.17) is 5.73 Å². The highest BCUT2D eigenvalue weighted by Crippen LogP contribution is 2.38. The lowest BCUT2D eigenvalue weighted by Crippen LogP contribution is -2.40. The van der Waals surface area contributed by atoms with Gasteiger partial charge in [-0.3, -0.25) is 4.79 Å². The summed E-state index contributed by atoms with van der Waals surface area (Å²) in [5.74, 6) is 1.06. The van der Waals surface area contributed by atoms with Crippen molar-refractivity contribution in [1.82, 2.24) is 4.90 Å². The molecule has 4 heteroatoms. The zero-order valence-electron chi connectivity index (χ0n) is 12.9. The highest BCUT2D eigenvalue weighted by Gasteiger charge is 2.34. The normalized spacial score (nSPS) is 22.3. The molecule has 3 nitrogen and oxygen atoms in total. The first-order valence-corrected chi connectivity index (χ1v) is 8.09. The standard InChI is InChI=1S/C16H30N2O.ClH/c1-18(12-14-7-3-4-8-14)15(19)11-16(13-17)9-5-2-6-10-16;/h14H,2-13,17H2,1H3;1H. The Balaban J connectivity index is 0.00000200. The number of halogens is 1. The highest BCUT2D eigenvalue weighted by molar-refractivity contribution is 5.85. The third-order valence-electron chi connectivity index (χ3n) is 5.31. The number of carbonyl (C=O) groups excluding carboxylic acids is 1. The van der Waals surface area contributed by atoms with Crippen molar-refractivity contribution in [1.29, 1.82) is 0 Å². The van der Waals surface area contributed by atoms with Gasteiger partial charge < -0.3 is 10.6 Å². The van der Waals surface area contributed by atoms with E-state index in [1.54, 1.807) is 0 Å². The Morgan fingerprint density at radius 2 is 1.75 bits per heavy atom. The van der Waals surface area contributed by atoms with Gasteiger partial charge in [0.05, 0.1) is 0 Å². The summed E-state index contributed by atoms with van der Waals surface area (Å²) < 4.78 is 0. The summed E-state index contributed by atoms with van der Waals surface area (Å²) in [7, 11) is 1.98. The molecule has 0 aromatic carbocycles. The van der Waals surface area contributed by atoms with Gasteiger partial charge in [0, 0.05) is 20.0 Å². The number of nitrogens with zero attached hydrogens (tertiary/aromatic N) is 1. The van der Waals surface area contributed by atoms with Crippen molar-refractivity contribution < 1.29 is 4.79 Å². The molecule has 0 radical (unpaired) electrons. The van der Waals surface area contributed by atoms with Crippen LogP contribution in [-0.2, 0) is 4.79 Å². The number of nitrogens with two attached hydrogens (primary N) is 1. The van der Waals surface area contributed by atoms with E-state index < -0.39 is 0 Å². The van der Waals surface area contributed by atoms with Gasteiger partial charge in [-0.1, -0.05) is 32.1 Å². The number of hydrogen-bond donors (Lipinski definition) is 1. The van der Waals surface area contributed by atoms with Gasteiger partial charge in [0.2, 0.25) is 5.91 Å². The molecule has 2 aliphatic carbocycles. The van der Waals surface area contributed by atoms with Crippen LogP contribution in [0.3, 0.4) is 0 Å². The third-order valence-corrected chi connectivity index (χ3v) is 5.31. The van der Waals surface area contributed by atoms with Gasteiger partial charge in [-0.2, -0.15) is 0 Å².